The molecule has 0 aromatic carbocycles. The van der Waals surface area contributed by atoms with Gasteiger partial charge >= 0.3 is 0 Å². The molecule has 100 valence electrons. The summed E-state index contributed by atoms with van der Waals surface area (Å²) in [6.45, 7) is 5.21. The molecule has 0 amide bonds. The highest BCUT2D eigenvalue weighted by Gasteiger charge is 2.34. The third kappa shape index (κ3) is 2.90. The van der Waals surface area contributed by atoms with Gasteiger partial charge in [-0.15, -0.1) is 0 Å². The highest BCUT2D eigenvalue weighted by atomic mass is 79.9. The van der Waals surface area contributed by atoms with Crippen molar-refractivity contribution in [3.63, 3.8) is 0 Å². The monoisotopic (exact) mass is 316 g/mol. The Kier molecular flexibility index (Phi) is 3.74. The summed E-state index contributed by atoms with van der Waals surface area (Å²) in [5.41, 5.74) is 5.28. The largest absolute Gasteiger partial charge is 0.394 e. The van der Waals surface area contributed by atoms with E-state index < -0.39 is 0 Å². The standard InChI is InChI=1S/C11H17BrN4O2/c1-11(2)6-16(4-7(5-17)18-11)9-8(12)3-14-10(13)15-9/h3,7,17H,4-6H2,1-2H3,(H2,13,14,15). The fourth-order valence-electron chi connectivity index (χ4n) is 2.15. The van der Waals surface area contributed by atoms with Crippen LogP contribution in [0.2, 0.25) is 0 Å². The predicted octanol–water partition coefficient (Wildman–Crippen LogP) is 0.797. The maximum absolute atomic E-state index is 9.29. The summed E-state index contributed by atoms with van der Waals surface area (Å²) in [5.74, 6) is 0.968. The van der Waals surface area contributed by atoms with E-state index in [1.165, 1.54) is 0 Å². The van der Waals surface area contributed by atoms with Crippen molar-refractivity contribution in [2.24, 2.45) is 0 Å². The normalized spacial score (nSPS) is 23.1. The van der Waals surface area contributed by atoms with Crippen LogP contribution in [0.15, 0.2) is 10.7 Å². The third-order valence-corrected chi connectivity index (χ3v) is 3.29. The first-order valence-corrected chi connectivity index (χ1v) is 6.52. The predicted molar refractivity (Wildman–Crippen MR) is 72.4 cm³/mol. The molecular formula is C11H17BrN4O2. The van der Waals surface area contributed by atoms with Crippen LogP contribution >= 0.6 is 15.9 Å². The number of aliphatic hydroxyl groups is 1. The lowest BCUT2D eigenvalue weighted by molar-refractivity contribution is -0.101. The number of rotatable bonds is 2. The molecule has 0 spiro atoms. The lowest BCUT2D eigenvalue weighted by Gasteiger charge is -2.43. The van der Waals surface area contributed by atoms with E-state index >= 15 is 0 Å². The summed E-state index contributed by atoms with van der Waals surface area (Å²) in [6, 6.07) is 0. The minimum atomic E-state index is -0.342. The molecule has 0 radical (unpaired) electrons. The fraction of sp³-hybridized carbons (Fsp3) is 0.636. The number of hydrogen-bond donors (Lipinski definition) is 2. The van der Waals surface area contributed by atoms with E-state index in [2.05, 4.69) is 25.9 Å². The van der Waals surface area contributed by atoms with Crippen molar-refractivity contribution in [1.29, 1.82) is 0 Å². The maximum atomic E-state index is 9.29. The van der Waals surface area contributed by atoms with E-state index in [4.69, 9.17) is 10.5 Å². The molecule has 0 aliphatic carbocycles. The van der Waals surface area contributed by atoms with Crippen LogP contribution in [0, 0.1) is 0 Å². The van der Waals surface area contributed by atoms with Crippen LogP contribution in [0.1, 0.15) is 13.8 Å². The molecule has 1 aromatic heterocycles. The number of anilines is 2. The average Bonchev–Trinajstić information content (AvgIpc) is 2.30. The van der Waals surface area contributed by atoms with Gasteiger partial charge in [-0.3, -0.25) is 0 Å². The van der Waals surface area contributed by atoms with Crippen molar-refractivity contribution >= 4 is 27.7 Å². The first kappa shape index (κ1) is 13.5. The number of halogens is 1. The summed E-state index contributed by atoms with van der Waals surface area (Å²) in [4.78, 5) is 10.2. The van der Waals surface area contributed by atoms with Gasteiger partial charge in [0.1, 0.15) is 5.82 Å². The summed E-state index contributed by atoms with van der Waals surface area (Å²) in [7, 11) is 0. The van der Waals surface area contributed by atoms with Gasteiger partial charge in [0.15, 0.2) is 0 Å². The summed E-state index contributed by atoms with van der Waals surface area (Å²) < 4.78 is 6.55. The van der Waals surface area contributed by atoms with Gasteiger partial charge in [-0.05, 0) is 29.8 Å². The van der Waals surface area contributed by atoms with E-state index in [0.717, 1.165) is 10.3 Å². The molecule has 3 N–H and O–H groups in total. The topological polar surface area (TPSA) is 84.5 Å². The third-order valence-electron chi connectivity index (χ3n) is 2.73. The van der Waals surface area contributed by atoms with Gasteiger partial charge in [0.2, 0.25) is 5.95 Å². The van der Waals surface area contributed by atoms with Crippen LogP contribution in [0.4, 0.5) is 11.8 Å². The minimum absolute atomic E-state index is 0.0158. The molecule has 18 heavy (non-hydrogen) atoms. The molecule has 7 heteroatoms. The van der Waals surface area contributed by atoms with Gasteiger partial charge in [0.05, 0.1) is 22.8 Å². The number of nitrogens with zero attached hydrogens (tertiary/aromatic N) is 3. The highest BCUT2D eigenvalue weighted by molar-refractivity contribution is 9.10. The second-order valence-electron chi connectivity index (χ2n) is 4.96. The zero-order valence-corrected chi connectivity index (χ0v) is 12.0. The Morgan fingerprint density at radius 2 is 2.39 bits per heavy atom. The van der Waals surface area contributed by atoms with Gasteiger partial charge in [-0.25, -0.2) is 4.98 Å². The summed E-state index contributed by atoms with van der Waals surface area (Å²) in [5, 5.41) is 9.29. The molecule has 1 atom stereocenters. The van der Waals surface area contributed by atoms with Crippen LogP contribution < -0.4 is 10.6 Å². The molecule has 2 rings (SSSR count). The fourth-order valence-corrected chi connectivity index (χ4v) is 2.59. The Morgan fingerprint density at radius 1 is 1.67 bits per heavy atom. The Morgan fingerprint density at radius 3 is 3.06 bits per heavy atom. The average molecular weight is 317 g/mol. The maximum Gasteiger partial charge on any atom is 0.222 e. The number of aromatic nitrogens is 2. The van der Waals surface area contributed by atoms with Gasteiger partial charge < -0.3 is 20.5 Å². The van der Waals surface area contributed by atoms with E-state index in [1.807, 2.05) is 18.7 Å². The van der Waals surface area contributed by atoms with E-state index in [-0.39, 0.29) is 24.3 Å². The molecule has 0 saturated carbocycles. The van der Waals surface area contributed by atoms with E-state index in [1.54, 1.807) is 6.20 Å². The highest BCUT2D eigenvalue weighted by Crippen LogP contribution is 2.29. The smallest absolute Gasteiger partial charge is 0.222 e. The zero-order valence-electron chi connectivity index (χ0n) is 10.4. The Balaban J connectivity index is 2.29. The number of hydrogen-bond acceptors (Lipinski definition) is 6. The molecule has 1 saturated heterocycles. The van der Waals surface area contributed by atoms with Crippen LogP contribution in [-0.4, -0.2) is 46.5 Å². The van der Waals surface area contributed by atoms with Crippen molar-refractivity contribution in [1.82, 2.24) is 9.97 Å². The van der Waals surface area contributed by atoms with Gasteiger partial charge in [-0.1, -0.05) is 0 Å². The zero-order chi connectivity index (χ0) is 13.3. The molecule has 1 aliphatic rings. The quantitative estimate of drug-likeness (QED) is 0.839. The molecule has 1 aliphatic heterocycles. The molecule has 1 aromatic rings. The van der Waals surface area contributed by atoms with Gasteiger partial charge in [-0.2, -0.15) is 4.98 Å². The van der Waals surface area contributed by atoms with Crippen LogP contribution in [0.25, 0.3) is 0 Å². The molecule has 1 fully saturated rings. The molecule has 1 unspecified atom stereocenters. The second kappa shape index (κ2) is 4.99. The van der Waals surface area contributed by atoms with Crippen molar-refractivity contribution in [2.75, 3.05) is 30.3 Å². The number of nitrogens with two attached hydrogens (primary N) is 1. The molecule has 6 nitrogen and oxygen atoms in total. The van der Waals surface area contributed by atoms with E-state index in [0.29, 0.717) is 13.1 Å². The molecule has 0 bridgehead atoms. The second-order valence-corrected chi connectivity index (χ2v) is 5.82. The lowest BCUT2D eigenvalue weighted by Crippen LogP contribution is -2.54. The first-order chi connectivity index (χ1) is 8.41. The summed E-state index contributed by atoms with van der Waals surface area (Å²) in [6.07, 6.45) is 1.41. The number of nitrogen functional groups attached to an aromatic ring is 1. The Bertz CT molecular complexity index is 441. The van der Waals surface area contributed by atoms with Crippen LogP contribution in [0.3, 0.4) is 0 Å². The number of ether oxygens (including phenoxy) is 1. The van der Waals surface area contributed by atoms with Gasteiger partial charge in [0, 0.05) is 19.3 Å². The lowest BCUT2D eigenvalue weighted by atomic mass is 10.1. The Labute approximate surface area is 114 Å². The number of morpholine rings is 1. The first-order valence-electron chi connectivity index (χ1n) is 5.73. The molecule has 2 heterocycles. The Hall–Kier alpha value is -0.920. The van der Waals surface area contributed by atoms with Crippen molar-refractivity contribution < 1.29 is 9.84 Å². The minimum Gasteiger partial charge on any atom is -0.394 e. The SMILES string of the molecule is CC1(C)CN(c2nc(N)ncc2Br)CC(CO)O1. The van der Waals surface area contributed by atoms with E-state index in [9.17, 15) is 5.11 Å². The van der Waals surface area contributed by atoms with Crippen LogP contribution in [0.5, 0.6) is 0 Å². The van der Waals surface area contributed by atoms with Crippen molar-refractivity contribution in [2.45, 2.75) is 25.6 Å². The van der Waals surface area contributed by atoms with Gasteiger partial charge in [0.25, 0.3) is 0 Å². The van der Waals surface area contributed by atoms with Crippen molar-refractivity contribution in [3.8, 4) is 0 Å². The number of aliphatic hydroxyl groups excluding tert-OH is 1. The van der Waals surface area contributed by atoms with Crippen molar-refractivity contribution in [3.05, 3.63) is 10.7 Å². The van der Waals surface area contributed by atoms with Crippen LogP contribution in [-0.2, 0) is 4.74 Å². The summed E-state index contributed by atoms with van der Waals surface area (Å²) >= 11 is 3.42. The molecular weight excluding hydrogens is 300 g/mol.